The van der Waals surface area contributed by atoms with Gasteiger partial charge in [0, 0.05) is 12.2 Å². The summed E-state index contributed by atoms with van der Waals surface area (Å²) in [5.74, 6) is 1.01. The van der Waals surface area contributed by atoms with Gasteiger partial charge in [-0.05, 0) is 61.6 Å². The van der Waals surface area contributed by atoms with Crippen molar-refractivity contribution in [3.8, 4) is 0 Å². The molecule has 7 nitrogen and oxygen atoms in total. The Labute approximate surface area is 176 Å². The fraction of sp³-hybridized carbons (Fsp3) is 0.455. The molecule has 0 bridgehead atoms. The van der Waals surface area contributed by atoms with Crippen LogP contribution in [0.4, 0.5) is 5.82 Å². The van der Waals surface area contributed by atoms with Gasteiger partial charge in [-0.25, -0.2) is 9.97 Å². The largest absolute Gasteiger partial charge is 0.363 e. The summed E-state index contributed by atoms with van der Waals surface area (Å²) in [5.41, 5.74) is 3.67. The maximum atomic E-state index is 11.1. The molecule has 8 heteroatoms. The van der Waals surface area contributed by atoms with Crippen LogP contribution in [0.5, 0.6) is 0 Å². The number of fused-ring (bicyclic) bond motifs is 2. The Morgan fingerprint density at radius 3 is 2.87 bits per heavy atom. The molecule has 0 aliphatic heterocycles. The molecular formula is C22H26N4O3S. The van der Waals surface area contributed by atoms with Crippen molar-refractivity contribution in [3.05, 3.63) is 54.0 Å². The van der Waals surface area contributed by atoms with Gasteiger partial charge in [-0.3, -0.25) is 4.55 Å². The van der Waals surface area contributed by atoms with Crippen molar-refractivity contribution < 1.29 is 13.0 Å². The van der Waals surface area contributed by atoms with Gasteiger partial charge in [0.15, 0.2) is 0 Å². The van der Waals surface area contributed by atoms with Gasteiger partial charge in [0.25, 0.3) is 10.1 Å². The fourth-order valence-corrected chi connectivity index (χ4v) is 5.76. The molecule has 2 aliphatic rings. The highest BCUT2D eigenvalue weighted by Gasteiger charge is 2.28. The summed E-state index contributed by atoms with van der Waals surface area (Å²) in [6.07, 6.45) is 9.20. The number of hydrogen-bond donors (Lipinski definition) is 2. The van der Waals surface area contributed by atoms with Crippen LogP contribution in [0.25, 0.3) is 11.0 Å². The predicted octanol–water partition coefficient (Wildman–Crippen LogP) is 4.15. The highest BCUT2D eigenvalue weighted by Crippen LogP contribution is 2.39. The summed E-state index contributed by atoms with van der Waals surface area (Å²) in [7, 11) is -3.89. The zero-order valence-corrected chi connectivity index (χ0v) is 17.6. The van der Waals surface area contributed by atoms with E-state index in [2.05, 4.69) is 56.4 Å². The first-order chi connectivity index (χ1) is 14.5. The summed E-state index contributed by atoms with van der Waals surface area (Å²) in [6, 6.07) is 11.2. The number of anilines is 1. The van der Waals surface area contributed by atoms with Gasteiger partial charge >= 0.3 is 0 Å². The van der Waals surface area contributed by atoms with Gasteiger partial charge in [0.2, 0.25) is 0 Å². The maximum absolute atomic E-state index is 11.1. The first kappa shape index (κ1) is 19.5. The van der Waals surface area contributed by atoms with Gasteiger partial charge in [-0.15, -0.1) is 0 Å². The lowest BCUT2D eigenvalue weighted by Gasteiger charge is -2.17. The molecule has 0 spiro atoms. The number of nitrogens with zero attached hydrogens (tertiary/aromatic N) is 3. The van der Waals surface area contributed by atoms with Crippen molar-refractivity contribution in [1.82, 2.24) is 14.5 Å². The van der Waals surface area contributed by atoms with Crippen molar-refractivity contribution in [2.24, 2.45) is 5.92 Å². The first-order valence-corrected chi connectivity index (χ1v) is 12.2. The minimum atomic E-state index is -3.89. The second-order valence-electron chi connectivity index (χ2n) is 8.52. The molecule has 2 heterocycles. The van der Waals surface area contributed by atoms with Gasteiger partial charge in [-0.2, -0.15) is 8.42 Å². The van der Waals surface area contributed by atoms with E-state index in [9.17, 15) is 8.42 Å². The molecule has 1 aromatic carbocycles. The highest BCUT2D eigenvalue weighted by molar-refractivity contribution is 7.85. The summed E-state index contributed by atoms with van der Waals surface area (Å²) in [4.78, 5) is 9.08. The zero-order chi connectivity index (χ0) is 20.7. The third kappa shape index (κ3) is 3.81. The third-order valence-corrected chi connectivity index (χ3v) is 7.40. The molecule has 0 radical (unpaired) electrons. The Kier molecular flexibility index (Phi) is 4.99. The average Bonchev–Trinajstić information content (AvgIpc) is 3.44. The van der Waals surface area contributed by atoms with E-state index >= 15 is 0 Å². The first-order valence-electron chi connectivity index (χ1n) is 10.6. The van der Waals surface area contributed by atoms with Crippen LogP contribution < -0.4 is 5.32 Å². The van der Waals surface area contributed by atoms with E-state index in [0.717, 1.165) is 49.0 Å². The van der Waals surface area contributed by atoms with Gasteiger partial charge < -0.3 is 9.88 Å². The van der Waals surface area contributed by atoms with Crippen molar-refractivity contribution in [1.29, 1.82) is 0 Å². The molecule has 0 saturated heterocycles. The summed E-state index contributed by atoms with van der Waals surface area (Å²) in [6.45, 7) is 0. The summed E-state index contributed by atoms with van der Waals surface area (Å²) >= 11 is 0. The van der Waals surface area contributed by atoms with E-state index in [1.54, 1.807) is 6.33 Å². The second kappa shape index (κ2) is 7.67. The zero-order valence-electron chi connectivity index (χ0n) is 16.7. The standard InChI is InChI=1S/C22H26N4O3S/c27-30(28,29)12-10-15-5-7-17(13-15)26-11-9-19-21(23-14-24-22(19)26)25-20-8-6-16-3-1-2-4-18(16)20/h1-4,9,11,14-15,17,20H,5-8,10,12-13H2,(H,23,24,25)(H,27,28,29)/t15-,17+,20+/m1/s1. The number of benzene rings is 1. The van der Waals surface area contributed by atoms with E-state index in [1.807, 2.05) is 0 Å². The van der Waals surface area contributed by atoms with E-state index in [-0.39, 0.29) is 11.8 Å². The Hall–Kier alpha value is -2.45. The Bertz CT molecular complexity index is 1170. The molecule has 2 aromatic heterocycles. The summed E-state index contributed by atoms with van der Waals surface area (Å²) < 4.78 is 33.3. The van der Waals surface area contributed by atoms with E-state index < -0.39 is 10.1 Å². The van der Waals surface area contributed by atoms with Crippen molar-refractivity contribution in [2.45, 2.75) is 50.6 Å². The quantitative estimate of drug-likeness (QED) is 0.575. The molecule has 2 N–H and O–H groups in total. The van der Waals surface area contributed by atoms with Crippen LogP contribution in [0.2, 0.25) is 0 Å². The van der Waals surface area contributed by atoms with Crippen LogP contribution >= 0.6 is 0 Å². The van der Waals surface area contributed by atoms with Crippen LogP contribution in [0.3, 0.4) is 0 Å². The monoisotopic (exact) mass is 426 g/mol. The van der Waals surface area contributed by atoms with E-state index in [1.165, 1.54) is 11.1 Å². The lowest BCUT2D eigenvalue weighted by Crippen LogP contribution is -2.10. The minimum Gasteiger partial charge on any atom is -0.363 e. The maximum Gasteiger partial charge on any atom is 0.264 e. The van der Waals surface area contributed by atoms with Crippen LogP contribution in [0.1, 0.15) is 55.3 Å². The lowest BCUT2D eigenvalue weighted by molar-refractivity contribution is 0.451. The molecule has 1 fully saturated rings. The van der Waals surface area contributed by atoms with Crippen LogP contribution in [0, 0.1) is 5.92 Å². The molecule has 0 unspecified atom stereocenters. The molecule has 1 saturated carbocycles. The van der Waals surface area contributed by atoms with Crippen LogP contribution in [-0.2, 0) is 16.5 Å². The number of rotatable bonds is 6. The predicted molar refractivity (Wildman–Crippen MR) is 116 cm³/mol. The Morgan fingerprint density at radius 2 is 2.00 bits per heavy atom. The SMILES string of the molecule is O=S(=O)(O)CC[C@H]1CC[C@H](n2ccc3c(N[C@H]4CCc5ccccc54)ncnc32)C1. The number of aryl methyl sites for hydroxylation is 1. The summed E-state index contributed by atoms with van der Waals surface area (Å²) in [5, 5.41) is 4.65. The van der Waals surface area contributed by atoms with Crippen molar-refractivity contribution >= 4 is 27.0 Å². The average molecular weight is 427 g/mol. The molecule has 0 amide bonds. The Balaban J connectivity index is 1.35. The van der Waals surface area contributed by atoms with Crippen LogP contribution in [-0.4, -0.2) is 33.3 Å². The molecule has 3 atom stereocenters. The molecular weight excluding hydrogens is 400 g/mol. The van der Waals surface area contributed by atoms with Gasteiger partial charge in [0.05, 0.1) is 17.2 Å². The highest BCUT2D eigenvalue weighted by atomic mass is 32.2. The van der Waals surface area contributed by atoms with Crippen molar-refractivity contribution in [2.75, 3.05) is 11.1 Å². The Morgan fingerprint density at radius 1 is 1.13 bits per heavy atom. The number of nitrogens with one attached hydrogen (secondary N) is 1. The number of hydrogen-bond acceptors (Lipinski definition) is 5. The van der Waals surface area contributed by atoms with Gasteiger partial charge in [0.1, 0.15) is 17.8 Å². The topological polar surface area (TPSA) is 97.1 Å². The molecule has 5 rings (SSSR count). The molecule has 3 aromatic rings. The third-order valence-electron chi connectivity index (χ3n) is 6.64. The molecule has 158 valence electrons. The minimum absolute atomic E-state index is 0.157. The number of aromatic nitrogens is 3. The molecule has 30 heavy (non-hydrogen) atoms. The van der Waals surface area contributed by atoms with E-state index in [4.69, 9.17) is 4.55 Å². The van der Waals surface area contributed by atoms with Crippen molar-refractivity contribution in [3.63, 3.8) is 0 Å². The van der Waals surface area contributed by atoms with Gasteiger partial charge in [-0.1, -0.05) is 24.3 Å². The lowest BCUT2D eigenvalue weighted by atomic mass is 10.1. The normalized spacial score (nSPS) is 23.7. The van der Waals surface area contributed by atoms with E-state index in [0.29, 0.717) is 18.4 Å². The molecule has 2 aliphatic carbocycles. The van der Waals surface area contributed by atoms with Crippen LogP contribution in [0.15, 0.2) is 42.9 Å². The fourth-order valence-electron chi connectivity index (χ4n) is 5.13. The second-order valence-corrected chi connectivity index (χ2v) is 10.1. The smallest absolute Gasteiger partial charge is 0.264 e.